The lowest BCUT2D eigenvalue weighted by molar-refractivity contribution is 0.0947. The number of amides is 1. The maximum absolute atomic E-state index is 12.2. The van der Waals surface area contributed by atoms with Gasteiger partial charge in [-0.3, -0.25) is 14.4 Å². The number of aromatic nitrogens is 2. The molecule has 1 amide bonds. The van der Waals surface area contributed by atoms with E-state index in [1.54, 1.807) is 11.3 Å². The molecule has 1 aromatic carbocycles. The molecule has 6 heteroatoms. The molecule has 5 nitrogen and oxygen atoms in total. The first-order valence-electron chi connectivity index (χ1n) is 8.88. The van der Waals surface area contributed by atoms with E-state index in [4.69, 9.17) is 0 Å². The Morgan fingerprint density at radius 1 is 1.23 bits per heavy atom. The first-order valence-corrected chi connectivity index (χ1v) is 9.83. The lowest BCUT2D eigenvalue weighted by Gasteiger charge is -2.33. The van der Waals surface area contributed by atoms with Crippen LogP contribution in [-0.2, 0) is 13.1 Å². The van der Waals surface area contributed by atoms with Crippen molar-refractivity contribution in [2.45, 2.75) is 25.6 Å². The maximum atomic E-state index is 12.2. The second-order valence-corrected chi connectivity index (χ2v) is 7.41. The minimum absolute atomic E-state index is 0.0165. The molecule has 1 unspecified atom stereocenters. The highest BCUT2D eigenvalue weighted by atomic mass is 32.1. The quantitative estimate of drug-likeness (QED) is 0.728. The van der Waals surface area contributed by atoms with Gasteiger partial charge in [-0.2, -0.15) is 16.4 Å². The third-order valence-electron chi connectivity index (χ3n) is 4.74. The molecule has 2 aromatic heterocycles. The van der Waals surface area contributed by atoms with Crippen LogP contribution in [0.4, 0.5) is 0 Å². The minimum atomic E-state index is -0.0165. The first kappa shape index (κ1) is 17.0. The standard InChI is InChI=1S/C20H22N4OS/c25-20(17-4-2-1-3-5-17)21-9-6-18-13-23(12-16-8-11-26-15-16)14-19-7-10-22-24(18)19/h1-5,7-8,10-11,15,18H,6,9,12-14H2,(H,21,25). The van der Waals surface area contributed by atoms with Crippen molar-refractivity contribution in [3.8, 4) is 0 Å². The van der Waals surface area contributed by atoms with Crippen molar-refractivity contribution in [3.63, 3.8) is 0 Å². The summed E-state index contributed by atoms with van der Waals surface area (Å²) in [6.07, 6.45) is 2.74. The summed E-state index contributed by atoms with van der Waals surface area (Å²) in [5.41, 5.74) is 3.31. The van der Waals surface area contributed by atoms with Crippen molar-refractivity contribution >= 4 is 17.2 Å². The molecule has 0 fully saturated rings. The van der Waals surface area contributed by atoms with E-state index in [1.807, 2.05) is 36.5 Å². The van der Waals surface area contributed by atoms with E-state index in [1.165, 1.54) is 11.3 Å². The van der Waals surface area contributed by atoms with Crippen LogP contribution in [0.15, 0.2) is 59.4 Å². The zero-order chi connectivity index (χ0) is 17.8. The van der Waals surface area contributed by atoms with Crippen molar-refractivity contribution in [3.05, 3.63) is 76.2 Å². The minimum Gasteiger partial charge on any atom is -0.352 e. The van der Waals surface area contributed by atoms with Crippen LogP contribution >= 0.6 is 11.3 Å². The molecule has 26 heavy (non-hydrogen) atoms. The molecule has 0 saturated heterocycles. The molecule has 3 aromatic rings. The van der Waals surface area contributed by atoms with Crippen LogP contribution in [0.3, 0.4) is 0 Å². The number of fused-ring (bicyclic) bond motifs is 1. The van der Waals surface area contributed by atoms with E-state index < -0.39 is 0 Å². The van der Waals surface area contributed by atoms with E-state index >= 15 is 0 Å². The molecule has 0 radical (unpaired) electrons. The Hall–Kier alpha value is -2.44. The smallest absolute Gasteiger partial charge is 0.251 e. The summed E-state index contributed by atoms with van der Waals surface area (Å²) in [5.74, 6) is -0.0165. The fourth-order valence-corrected chi connectivity index (χ4v) is 4.14. The van der Waals surface area contributed by atoms with Crippen molar-refractivity contribution < 1.29 is 4.79 Å². The number of rotatable bonds is 6. The van der Waals surface area contributed by atoms with Crippen LogP contribution in [0.25, 0.3) is 0 Å². The molecule has 1 aliphatic heterocycles. The van der Waals surface area contributed by atoms with Crippen LogP contribution in [0.1, 0.15) is 34.1 Å². The lowest BCUT2D eigenvalue weighted by atomic mass is 10.1. The van der Waals surface area contributed by atoms with E-state index in [0.29, 0.717) is 12.1 Å². The molecule has 4 rings (SSSR count). The van der Waals surface area contributed by atoms with Crippen LogP contribution in [-0.4, -0.2) is 33.7 Å². The van der Waals surface area contributed by atoms with Crippen LogP contribution in [0.2, 0.25) is 0 Å². The average Bonchev–Trinajstić information content (AvgIpc) is 3.34. The molecule has 0 bridgehead atoms. The molecule has 3 heterocycles. The van der Waals surface area contributed by atoms with Gasteiger partial charge in [0.15, 0.2) is 0 Å². The summed E-state index contributed by atoms with van der Waals surface area (Å²) >= 11 is 1.74. The second-order valence-electron chi connectivity index (χ2n) is 6.63. The van der Waals surface area contributed by atoms with Gasteiger partial charge in [0.05, 0.1) is 11.7 Å². The van der Waals surface area contributed by atoms with Crippen molar-refractivity contribution in [2.75, 3.05) is 13.1 Å². The zero-order valence-electron chi connectivity index (χ0n) is 14.5. The number of carbonyl (C=O) groups is 1. The highest BCUT2D eigenvalue weighted by Crippen LogP contribution is 2.24. The van der Waals surface area contributed by atoms with Crippen LogP contribution in [0, 0.1) is 0 Å². The van der Waals surface area contributed by atoms with Gasteiger partial charge < -0.3 is 5.32 Å². The fraction of sp³-hybridized carbons (Fsp3) is 0.300. The number of thiophene rings is 1. The molecular formula is C20H22N4OS. The SMILES string of the molecule is O=C(NCCC1CN(Cc2ccsc2)Cc2ccnn21)c1ccccc1. The molecule has 0 aliphatic carbocycles. The highest BCUT2D eigenvalue weighted by Gasteiger charge is 2.25. The summed E-state index contributed by atoms with van der Waals surface area (Å²) in [5, 5.41) is 11.9. The Kier molecular flexibility index (Phi) is 5.13. The topological polar surface area (TPSA) is 50.2 Å². The van der Waals surface area contributed by atoms with Crippen molar-refractivity contribution in [1.82, 2.24) is 20.0 Å². The van der Waals surface area contributed by atoms with E-state index in [9.17, 15) is 4.79 Å². The van der Waals surface area contributed by atoms with E-state index in [2.05, 4.69) is 42.9 Å². The van der Waals surface area contributed by atoms with Crippen LogP contribution in [0.5, 0.6) is 0 Å². The Morgan fingerprint density at radius 2 is 2.12 bits per heavy atom. The van der Waals surface area contributed by atoms with Crippen molar-refractivity contribution in [1.29, 1.82) is 0 Å². The van der Waals surface area contributed by atoms with Gasteiger partial charge in [0.2, 0.25) is 0 Å². The van der Waals surface area contributed by atoms with Crippen molar-refractivity contribution in [2.24, 2.45) is 0 Å². The maximum Gasteiger partial charge on any atom is 0.251 e. The van der Waals surface area contributed by atoms with Gasteiger partial charge in [-0.05, 0) is 47.0 Å². The molecule has 0 spiro atoms. The van der Waals surface area contributed by atoms with Gasteiger partial charge >= 0.3 is 0 Å². The lowest BCUT2D eigenvalue weighted by Crippen LogP contribution is -2.38. The van der Waals surface area contributed by atoms with E-state index in [0.717, 1.165) is 26.1 Å². The number of benzene rings is 1. The fourth-order valence-electron chi connectivity index (χ4n) is 3.48. The molecule has 0 saturated carbocycles. The van der Waals surface area contributed by atoms with Gasteiger partial charge in [0.1, 0.15) is 0 Å². The Balaban J connectivity index is 1.37. The van der Waals surface area contributed by atoms with Gasteiger partial charge in [-0.15, -0.1) is 0 Å². The summed E-state index contributed by atoms with van der Waals surface area (Å²) < 4.78 is 2.12. The molecule has 134 valence electrons. The monoisotopic (exact) mass is 366 g/mol. The molecule has 1 N–H and O–H groups in total. The zero-order valence-corrected chi connectivity index (χ0v) is 15.4. The van der Waals surface area contributed by atoms with Gasteiger partial charge in [0.25, 0.3) is 5.91 Å². The van der Waals surface area contributed by atoms with Gasteiger partial charge in [-0.1, -0.05) is 18.2 Å². The highest BCUT2D eigenvalue weighted by molar-refractivity contribution is 7.07. The summed E-state index contributed by atoms with van der Waals surface area (Å²) in [6.45, 7) is 3.47. The number of nitrogens with zero attached hydrogens (tertiary/aromatic N) is 3. The van der Waals surface area contributed by atoms with Crippen LogP contribution < -0.4 is 5.32 Å². The summed E-state index contributed by atoms with van der Waals surface area (Å²) in [7, 11) is 0. The average molecular weight is 366 g/mol. The first-order chi connectivity index (χ1) is 12.8. The Morgan fingerprint density at radius 3 is 2.92 bits per heavy atom. The number of nitrogens with one attached hydrogen (secondary N) is 1. The third-order valence-corrected chi connectivity index (χ3v) is 5.47. The van der Waals surface area contributed by atoms with Gasteiger partial charge in [0, 0.05) is 37.9 Å². The van der Waals surface area contributed by atoms with E-state index in [-0.39, 0.29) is 11.9 Å². The third kappa shape index (κ3) is 3.86. The number of carbonyl (C=O) groups excluding carboxylic acids is 1. The molecular weight excluding hydrogens is 344 g/mol. The van der Waals surface area contributed by atoms with Gasteiger partial charge in [-0.25, -0.2) is 0 Å². The predicted molar refractivity (Wildman–Crippen MR) is 103 cm³/mol. The second kappa shape index (κ2) is 7.85. The summed E-state index contributed by atoms with van der Waals surface area (Å²) in [6, 6.07) is 13.9. The number of hydrogen-bond donors (Lipinski definition) is 1. The normalized spacial score (nSPS) is 17.0. The Bertz CT molecular complexity index is 844. The Labute approximate surface area is 157 Å². The predicted octanol–water partition coefficient (Wildman–Crippen LogP) is 3.32. The molecule has 1 atom stereocenters. The molecule has 1 aliphatic rings. The summed E-state index contributed by atoms with van der Waals surface area (Å²) in [4.78, 5) is 14.7. The number of hydrogen-bond acceptors (Lipinski definition) is 4. The largest absolute Gasteiger partial charge is 0.352 e.